The van der Waals surface area contributed by atoms with Crippen LogP contribution in [0.1, 0.15) is 37.0 Å². The summed E-state index contributed by atoms with van der Waals surface area (Å²) < 4.78 is 16.1. The smallest absolute Gasteiger partial charge is 0.341 e. The second-order valence-corrected chi connectivity index (χ2v) is 7.82. The van der Waals surface area contributed by atoms with E-state index in [4.69, 9.17) is 19.3 Å². The van der Waals surface area contributed by atoms with Gasteiger partial charge in [-0.3, -0.25) is 14.9 Å². The molecule has 1 heterocycles. The monoisotopic (exact) mass is 442 g/mol. The number of carbonyl (C=O) groups excluding carboxylic acids is 1. The van der Waals surface area contributed by atoms with Gasteiger partial charge in [0.25, 0.3) is 11.6 Å². The number of methoxy groups -OCH3 is 1. The molecule has 0 aliphatic carbocycles. The van der Waals surface area contributed by atoms with E-state index in [0.29, 0.717) is 13.2 Å². The van der Waals surface area contributed by atoms with Gasteiger partial charge in [-0.1, -0.05) is 6.92 Å². The van der Waals surface area contributed by atoms with Crippen molar-refractivity contribution in [2.45, 2.75) is 38.2 Å². The van der Waals surface area contributed by atoms with E-state index in [2.05, 4.69) is 0 Å². The van der Waals surface area contributed by atoms with Gasteiger partial charge in [-0.25, -0.2) is 4.79 Å². The Bertz CT molecular complexity index is 782. The van der Waals surface area contributed by atoms with Gasteiger partial charge in [0.15, 0.2) is 18.1 Å². The zero-order valence-corrected chi connectivity index (χ0v) is 18.0. The predicted molar refractivity (Wildman–Crippen MR) is 110 cm³/mol. The molecule has 0 bridgehead atoms. The summed E-state index contributed by atoms with van der Waals surface area (Å²) >= 11 is 1.59. The average Bonchev–Trinajstić information content (AvgIpc) is 3.20. The molecular weight excluding hydrogens is 416 g/mol. The average molecular weight is 442 g/mol. The minimum atomic E-state index is -1.24. The topological polar surface area (TPSA) is 128 Å². The van der Waals surface area contributed by atoms with Gasteiger partial charge >= 0.3 is 5.97 Å². The molecule has 0 radical (unpaired) electrons. The van der Waals surface area contributed by atoms with Crippen molar-refractivity contribution in [1.82, 2.24) is 4.90 Å². The summed E-state index contributed by atoms with van der Waals surface area (Å²) in [5.74, 6) is -0.990. The number of aliphatic carboxylic acids is 1. The molecular formula is C19H26N2O8S. The van der Waals surface area contributed by atoms with Gasteiger partial charge in [-0.2, -0.15) is 0 Å². The first-order chi connectivity index (χ1) is 14.3. The maximum absolute atomic E-state index is 13.3. The number of ether oxygens (including phenoxy) is 3. The Morgan fingerprint density at radius 1 is 1.37 bits per heavy atom. The highest BCUT2D eigenvalue weighted by Gasteiger charge is 2.38. The lowest BCUT2D eigenvalue weighted by Gasteiger charge is -2.31. The van der Waals surface area contributed by atoms with Crippen molar-refractivity contribution in [2.75, 3.05) is 32.6 Å². The number of nitro groups is 1. The summed E-state index contributed by atoms with van der Waals surface area (Å²) in [7, 11) is 1.31. The molecule has 1 fully saturated rings. The van der Waals surface area contributed by atoms with Crippen LogP contribution in [0.3, 0.4) is 0 Å². The highest BCUT2D eigenvalue weighted by Crippen LogP contribution is 2.37. The molecule has 1 aliphatic heterocycles. The Balaban J connectivity index is 2.41. The van der Waals surface area contributed by atoms with Crippen LogP contribution >= 0.6 is 11.8 Å². The van der Waals surface area contributed by atoms with E-state index in [9.17, 15) is 19.7 Å². The van der Waals surface area contributed by atoms with Crippen molar-refractivity contribution in [3.8, 4) is 11.5 Å². The number of carbonyl (C=O) groups is 2. The summed E-state index contributed by atoms with van der Waals surface area (Å²) in [6.07, 6.45) is 1.52. The van der Waals surface area contributed by atoms with Crippen LogP contribution in [0, 0.1) is 10.1 Å². The summed E-state index contributed by atoms with van der Waals surface area (Å²) in [5.41, 5.74) is -0.823. The van der Waals surface area contributed by atoms with Crippen molar-refractivity contribution >= 4 is 29.3 Å². The molecule has 1 N–H and O–H groups in total. The van der Waals surface area contributed by atoms with Crippen LogP contribution in [-0.2, 0) is 9.53 Å². The number of nitro benzene ring substituents is 1. The third-order valence-corrected chi connectivity index (χ3v) is 5.71. The van der Waals surface area contributed by atoms with Crippen LogP contribution in [0.25, 0.3) is 0 Å². The lowest BCUT2D eigenvalue weighted by molar-refractivity contribution is -0.385. The number of likely N-dealkylation sites (tertiary alicyclic amines) is 1. The number of benzene rings is 1. The molecule has 10 nitrogen and oxygen atoms in total. The minimum absolute atomic E-state index is 0.0465. The molecule has 1 aromatic rings. The summed E-state index contributed by atoms with van der Waals surface area (Å²) in [6.45, 7) is 4.16. The molecule has 1 aromatic carbocycles. The molecule has 30 heavy (non-hydrogen) atoms. The molecule has 166 valence electrons. The lowest BCUT2D eigenvalue weighted by Crippen LogP contribution is -2.43. The SMILES string of the molecule is CCOC(SCC)[C@@H]1CCCN1C(=O)c1cc(OC)c(OCC(=O)O)cc1[N+](=O)[O-]. The standard InChI is InChI=1S/C19H26N2O8S/c1-4-28-19(30-5-2)13-7-6-8-20(13)18(24)12-9-15(27-3)16(29-11-17(22)23)10-14(12)21(25)26/h9-10,13,19H,4-8,11H2,1-3H3,(H,22,23)/t13-,19?/m0/s1. The van der Waals surface area contributed by atoms with Gasteiger partial charge in [-0.05, 0) is 25.5 Å². The van der Waals surface area contributed by atoms with Crippen LogP contribution in [0.5, 0.6) is 11.5 Å². The highest BCUT2D eigenvalue weighted by atomic mass is 32.2. The number of carboxylic acid groups (broad SMARTS) is 1. The summed E-state index contributed by atoms with van der Waals surface area (Å²) in [6, 6.07) is 2.06. The zero-order valence-electron chi connectivity index (χ0n) is 17.2. The highest BCUT2D eigenvalue weighted by molar-refractivity contribution is 7.99. The number of thioether (sulfide) groups is 1. The van der Waals surface area contributed by atoms with Crippen molar-refractivity contribution < 1.29 is 33.8 Å². The van der Waals surface area contributed by atoms with Gasteiger partial charge in [0.2, 0.25) is 0 Å². The second-order valence-electron chi connectivity index (χ2n) is 6.45. The quantitative estimate of drug-likeness (QED) is 0.312. The van der Waals surface area contributed by atoms with Crippen molar-refractivity contribution in [2.24, 2.45) is 0 Å². The van der Waals surface area contributed by atoms with E-state index in [1.54, 1.807) is 16.7 Å². The number of rotatable bonds is 11. The van der Waals surface area contributed by atoms with Gasteiger partial charge in [-0.15, -0.1) is 11.8 Å². The molecule has 1 saturated heterocycles. The maximum Gasteiger partial charge on any atom is 0.341 e. The molecule has 2 rings (SSSR count). The molecule has 1 amide bonds. The molecule has 2 atom stereocenters. The largest absolute Gasteiger partial charge is 0.493 e. The van der Waals surface area contributed by atoms with Gasteiger partial charge < -0.3 is 24.2 Å². The third-order valence-electron chi connectivity index (χ3n) is 4.60. The van der Waals surface area contributed by atoms with Crippen molar-refractivity contribution in [3.63, 3.8) is 0 Å². The zero-order chi connectivity index (χ0) is 22.3. The molecule has 11 heteroatoms. The van der Waals surface area contributed by atoms with E-state index in [-0.39, 0.29) is 28.5 Å². The first kappa shape index (κ1) is 23.7. The Morgan fingerprint density at radius 2 is 2.10 bits per heavy atom. The fraction of sp³-hybridized carbons (Fsp3) is 0.579. The Kier molecular flexibility index (Phi) is 8.72. The van der Waals surface area contributed by atoms with Crippen LogP contribution in [0.2, 0.25) is 0 Å². The van der Waals surface area contributed by atoms with Crippen molar-refractivity contribution in [1.29, 1.82) is 0 Å². The van der Waals surface area contributed by atoms with E-state index in [1.807, 2.05) is 13.8 Å². The summed E-state index contributed by atoms with van der Waals surface area (Å²) in [5, 5.41) is 20.4. The van der Waals surface area contributed by atoms with Gasteiger partial charge in [0, 0.05) is 19.2 Å². The van der Waals surface area contributed by atoms with E-state index in [0.717, 1.165) is 24.7 Å². The maximum atomic E-state index is 13.3. The Labute approximate surface area is 178 Å². The summed E-state index contributed by atoms with van der Waals surface area (Å²) in [4.78, 5) is 36.6. The van der Waals surface area contributed by atoms with Gasteiger partial charge in [0.1, 0.15) is 11.0 Å². The van der Waals surface area contributed by atoms with E-state index < -0.39 is 29.1 Å². The molecule has 0 saturated carbocycles. The van der Waals surface area contributed by atoms with Crippen LogP contribution in [-0.4, -0.2) is 70.9 Å². The third kappa shape index (κ3) is 5.54. The first-order valence-corrected chi connectivity index (χ1v) is 10.6. The molecule has 1 unspecified atom stereocenters. The van der Waals surface area contributed by atoms with Crippen LogP contribution in [0.15, 0.2) is 12.1 Å². The van der Waals surface area contributed by atoms with E-state index >= 15 is 0 Å². The minimum Gasteiger partial charge on any atom is -0.493 e. The van der Waals surface area contributed by atoms with Crippen molar-refractivity contribution in [3.05, 3.63) is 27.8 Å². The predicted octanol–water partition coefficient (Wildman–Crippen LogP) is 2.79. The molecule has 0 aromatic heterocycles. The number of hydrogen-bond acceptors (Lipinski definition) is 8. The number of hydrogen-bond donors (Lipinski definition) is 1. The first-order valence-electron chi connectivity index (χ1n) is 9.59. The lowest BCUT2D eigenvalue weighted by atomic mass is 10.1. The molecule has 0 spiro atoms. The number of nitrogens with zero attached hydrogens (tertiary/aromatic N) is 2. The molecule has 1 aliphatic rings. The Morgan fingerprint density at radius 3 is 2.67 bits per heavy atom. The second kappa shape index (κ2) is 11.0. The number of amides is 1. The van der Waals surface area contributed by atoms with Crippen LogP contribution < -0.4 is 9.47 Å². The number of carboxylic acids is 1. The fourth-order valence-electron chi connectivity index (χ4n) is 3.36. The van der Waals surface area contributed by atoms with E-state index in [1.165, 1.54) is 13.2 Å². The normalized spacial score (nSPS) is 16.9. The van der Waals surface area contributed by atoms with Gasteiger partial charge in [0.05, 0.1) is 24.1 Å². The van der Waals surface area contributed by atoms with Crippen LogP contribution in [0.4, 0.5) is 5.69 Å². The Hall–Kier alpha value is -2.53. The fourth-order valence-corrected chi connectivity index (χ4v) is 4.43.